The van der Waals surface area contributed by atoms with Crippen molar-refractivity contribution >= 4 is 34.9 Å². The van der Waals surface area contributed by atoms with Crippen LogP contribution in [0.3, 0.4) is 0 Å². The van der Waals surface area contributed by atoms with Crippen molar-refractivity contribution in [1.82, 2.24) is 20.0 Å². The van der Waals surface area contributed by atoms with Crippen LogP contribution in [0.2, 0.25) is 5.02 Å². The third-order valence-corrected chi connectivity index (χ3v) is 6.18. The molecule has 1 aliphatic heterocycles. The largest absolute Gasteiger partial charge is 0.476 e. The maximum absolute atomic E-state index is 11.8. The van der Waals surface area contributed by atoms with Crippen LogP contribution in [-0.2, 0) is 13.0 Å². The van der Waals surface area contributed by atoms with E-state index in [1.54, 1.807) is 16.8 Å². The van der Waals surface area contributed by atoms with Gasteiger partial charge in [-0.25, -0.2) is 9.48 Å². The van der Waals surface area contributed by atoms with E-state index in [-0.39, 0.29) is 5.69 Å². The summed E-state index contributed by atoms with van der Waals surface area (Å²) in [7, 11) is 0. The van der Waals surface area contributed by atoms with E-state index in [1.165, 1.54) is 19.3 Å². The van der Waals surface area contributed by atoms with Gasteiger partial charge < -0.3 is 15.3 Å². The number of halogens is 1. The number of aromatic carboxylic acids is 1. The Morgan fingerprint density at radius 3 is 2.61 bits per heavy atom. The van der Waals surface area contributed by atoms with Crippen molar-refractivity contribution in [2.75, 3.05) is 6.54 Å². The maximum atomic E-state index is 11.8. The molecule has 6 nitrogen and oxygen atoms in total. The Kier molecular flexibility index (Phi) is 5.55. The molecule has 2 N–H and O–H groups in total. The highest BCUT2D eigenvalue weighted by molar-refractivity contribution is 7.80. The second-order valence-corrected chi connectivity index (χ2v) is 8.25. The highest BCUT2D eigenvalue weighted by Gasteiger charge is 2.30. The number of rotatable bonds is 3. The van der Waals surface area contributed by atoms with Crippen molar-refractivity contribution in [2.45, 2.75) is 51.1 Å². The molecule has 0 saturated heterocycles. The van der Waals surface area contributed by atoms with Crippen LogP contribution in [-0.4, -0.2) is 43.5 Å². The quantitative estimate of drug-likeness (QED) is 0.739. The molecule has 0 unspecified atom stereocenters. The second kappa shape index (κ2) is 8.09. The standard InChI is InChI=1S/C20H23ClN4O2S/c21-13-6-8-15(9-7-13)25-17-10-11-24(12-16(17)18(23-25)19(26)27)20(28)22-14-4-2-1-3-5-14/h6-9,14H,1-5,10-12H2,(H,22,28)(H,26,27). The number of hydrogen-bond acceptors (Lipinski definition) is 3. The van der Waals surface area contributed by atoms with Gasteiger partial charge in [0.2, 0.25) is 0 Å². The molecule has 0 spiro atoms. The van der Waals surface area contributed by atoms with Crippen molar-refractivity contribution < 1.29 is 9.90 Å². The molecule has 1 aliphatic carbocycles. The Labute approximate surface area is 174 Å². The third-order valence-electron chi connectivity index (χ3n) is 5.55. The van der Waals surface area contributed by atoms with Gasteiger partial charge in [-0.1, -0.05) is 30.9 Å². The molecule has 0 radical (unpaired) electrons. The van der Waals surface area contributed by atoms with Crippen LogP contribution in [0, 0.1) is 0 Å². The Hall–Kier alpha value is -2.12. The van der Waals surface area contributed by atoms with E-state index in [1.807, 2.05) is 12.1 Å². The molecule has 0 bridgehead atoms. The average molecular weight is 419 g/mol. The number of fused-ring (bicyclic) bond motifs is 1. The van der Waals surface area contributed by atoms with Crippen molar-refractivity contribution in [1.29, 1.82) is 0 Å². The van der Waals surface area contributed by atoms with E-state index in [0.717, 1.165) is 36.3 Å². The van der Waals surface area contributed by atoms with Crippen LogP contribution >= 0.6 is 23.8 Å². The molecule has 1 fully saturated rings. The molecule has 2 aliphatic rings. The highest BCUT2D eigenvalue weighted by atomic mass is 35.5. The molecule has 8 heteroatoms. The first-order valence-corrected chi connectivity index (χ1v) is 10.5. The lowest BCUT2D eigenvalue weighted by molar-refractivity contribution is 0.0688. The Morgan fingerprint density at radius 2 is 1.93 bits per heavy atom. The number of carboxylic acid groups (broad SMARTS) is 1. The van der Waals surface area contributed by atoms with Crippen molar-refractivity contribution in [2.24, 2.45) is 0 Å². The van der Waals surface area contributed by atoms with Gasteiger partial charge in [-0.05, 0) is 49.3 Å². The van der Waals surface area contributed by atoms with Gasteiger partial charge in [0.25, 0.3) is 0 Å². The second-order valence-electron chi connectivity index (χ2n) is 7.42. The Morgan fingerprint density at radius 1 is 1.21 bits per heavy atom. The minimum absolute atomic E-state index is 0.0927. The molecule has 1 saturated carbocycles. The maximum Gasteiger partial charge on any atom is 0.356 e. The average Bonchev–Trinajstić information content (AvgIpc) is 3.08. The topological polar surface area (TPSA) is 70.4 Å². The fourth-order valence-corrected chi connectivity index (χ4v) is 4.52. The lowest BCUT2D eigenvalue weighted by atomic mass is 9.96. The molecule has 2 aromatic rings. The summed E-state index contributed by atoms with van der Waals surface area (Å²) >= 11 is 11.6. The summed E-state index contributed by atoms with van der Waals surface area (Å²) < 4.78 is 1.73. The van der Waals surface area contributed by atoms with Gasteiger partial charge in [0.05, 0.1) is 11.4 Å². The SMILES string of the molecule is O=C(O)c1nn(-c2ccc(Cl)cc2)c2c1CN(C(=S)NC1CCCCC1)CC2. The molecule has 148 valence electrons. The van der Waals surface area contributed by atoms with E-state index in [2.05, 4.69) is 15.3 Å². The van der Waals surface area contributed by atoms with Crippen LogP contribution in [0.15, 0.2) is 24.3 Å². The molecule has 4 rings (SSSR count). The zero-order chi connectivity index (χ0) is 19.7. The van der Waals surface area contributed by atoms with Crippen LogP contribution < -0.4 is 5.32 Å². The van der Waals surface area contributed by atoms with E-state index in [0.29, 0.717) is 29.1 Å². The van der Waals surface area contributed by atoms with Gasteiger partial charge in [-0.15, -0.1) is 0 Å². The fourth-order valence-electron chi connectivity index (χ4n) is 4.07. The summed E-state index contributed by atoms with van der Waals surface area (Å²) in [6, 6.07) is 7.69. The molecular weight excluding hydrogens is 396 g/mol. The van der Waals surface area contributed by atoms with Crippen molar-refractivity contribution in [3.63, 3.8) is 0 Å². The van der Waals surface area contributed by atoms with E-state index < -0.39 is 5.97 Å². The zero-order valence-electron chi connectivity index (χ0n) is 15.5. The summed E-state index contributed by atoms with van der Waals surface area (Å²) in [5.74, 6) is -1.02. The molecule has 0 atom stereocenters. The summed E-state index contributed by atoms with van der Waals surface area (Å²) in [4.78, 5) is 13.9. The molecule has 1 aromatic carbocycles. The predicted molar refractivity (Wildman–Crippen MR) is 112 cm³/mol. The van der Waals surface area contributed by atoms with Crippen LogP contribution in [0.25, 0.3) is 5.69 Å². The minimum atomic E-state index is -1.02. The molecule has 28 heavy (non-hydrogen) atoms. The number of carboxylic acids is 1. The molecule has 0 amide bonds. The summed E-state index contributed by atoms with van der Waals surface area (Å²) in [6.07, 6.45) is 6.75. The number of thiocarbonyl (C=S) groups is 1. The summed E-state index contributed by atoms with van der Waals surface area (Å²) in [6.45, 7) is 1.20. The van der Waals surface area contributed by atoms with E-state index in [4.69, 9.17) is 23.8 Å². The van der Waals surface area contributed by atoms with Crippen molar-refractivity contribution in [3.8, 4) is 5.69 Å². The van der Waals surface area contributed by atoms with E-state index in [9.17, 15) is 9.90 Å². The third kappa shape index (κ3) is 3.86. The Balaban J connectivity index is 1.58. The number of benzene rings is 1. The number of carbonyl (C=O) groups is 1. The zero-order valence-corrected chi connectivity index (χ0v) is 17.1. The lowest BCUT2D eigenvalue weighted by Gasteiger charge is -2.33. The molecule has 2 heterocycles. The fraction of sp³-hybridized carbons (Fsp3) is 0.450. The number of nitrogens with zero attached hydrogens (tertiary/aromatic N) is 3. The van der Waals surface area contributed by atoms with Crippen LogP contribution in [0.1, 0.15) is 53.8 Å². The first kappa shape index (κ1) is 19.2. The van der Waals surface area contributed by atoms with Crippen LogP contribution in [0.5, 0.6) is 0 Å². The summed E-state index contributed by atoms with van der Waals surface area (Å²) in [5.41, 5.74) is 2.57. The van der Waals surface area contributed by atoms with Gasteiger partial charge in [0.15, 0.2) is 10.8 Å². The summed E-state index contributed by atoms with van der Waals surface area (Å²) in [5, 5.41) is 18.9. The first-order chi connectivity index (χ1) is 13.5. The normalized spacial score (nSPS) is 17.2. The minimum Gasteiger partial charge on any atom is -0.476 e. The predicted octanol–water partition coefficient (Wildman–Crippen LogP) is 3.79. The van der Waals surface area contributed by atoms with Gasteiger partial charge >= 0.3 is 5.97 Å². The van der Waals surface area contributed by atoms with Crippen LogP contribution in [0.4, 0.5) is 0 Å². The first-order valence-electron chi connectivity index (χ1n) is 9.68. The van der Waals surface area contributed by atoms with Crippen molar-refractivity contribution in [3.05, 3.63) is 46.2 Å². The van der Waals surface area contributed by atoms with Gasteiger partial charge in [0, 0.05) is 36.1 Å². The lowest BCUT2D eigenvalue weighted by Crippen LogP contribution is -2.47. The highest BCUT2D eigenvalue weighted by Crippen LogP contribution is 2.27. The smallest absolute Gasteiger partial charge is 0.356 e. The monoisotopic (exact) mass is 418 g/mol. The number of hydrogen-bond donors (Lipinski definition) is 2. The number of aromatic nitrogens is 2. The van der Waals surface area contributed by atoms with Gasteiger partial charge in [0.1, 0.15) is 0 Å². The molecule has 1 aromatic heterocycles. The van der Waals surface area contributed by atoms with Gasteiger partial charge in [-0.3, -0.25) is 0 Å². The molecular formula is C20H23ClN4O2S. The Bertz CT molecular complexity index is 890. The number of nitrogens with one attached hydrogen (secondary N) is 1. The van der Waals surface area contributed by atoms with E-state index >= 15 is 0 Å². The van der Waals surface area contributed by atoms with Gasteiger partial charge in [-0.2, -0.15) is 5.10 Å².